The molecule has 6 heteroatoms. The van der Waals surface area contributed by atoms with Crippen LogP contribution in [0.2, 0.25) is 0 Å². The number of allylic oxidation sites excluding steroid dienone is 2. The number of rotatable bonds is 11. The zero-order valence-corrected chi connectivity index (χ0v) is 40.9. The Morgan fingerprint density at radius 2 is 1.46 bits per heavy atom. The average Bonchev–Trinajstić information content (AvgIpc) is 3.64. The number of carbonyl (C=O) groups is 1. The van der Waals surface area contributed by atoms with Crippen molar-refractivity contribution in [2.45, 2.75) is 134 Å². The molecule has 1 radical (unpaired) electrons. The van der Waals surface area contributed by atoms with Crippen LogP contribution < -0.4 is 0 Å². The number of ketones is 1. The summed E-state index contributed by atoms with van der Waals surface area (Å²) in [6.07, 6.45) is 5.87. The first kappa shape index (κ1) is 46.5. The van der Waals surface area contributed by atoms with Crippen LogP contribution in [0, 0.1) is 43.6 Å². The predicted octanol–water partition coefficient (Wildman–Crippen LogP) is 15.9. The largest absolute Gasteiger partial charge is 0.512 e. The van der Waals surface area contributed by atoms with Crippen molar-refractivity contribution in [2.24, 2.45) is 16.7 Å². The minimum absolute atomic E-state index is 0. The SMILES string of the molecule is CCC(C)(CC)C(=O)/C=C(\O)C(C)(CC)CC.Cc1sc2ccc(-c3cc(-c4[c-]c5ccccc5c(C(C)(C)C)c4)nc4c(C)c(C)sc34)cc2c1CC(C)C.[Ir]. The molecular weight excluding hydrogens is 915 g/mol. The number of fused-ring (bicyclic) bond motifs is 3. The summed E-state index contributed by atoms with van der Waals surface area (Å²) in [6.45, 7) is 30.3. The van der Waals surface area contributed by atoms with Gasteiger partial charge in [0.25, 0.3) is 0 Å². The van der Waals surface area contributed by atoms with Gasteiger partial charge in [-0.2, -0.15) is 0 Å². The topological polar surface area (TPSA) is 50.2 Å². The van der Waals surface area contributed by atoms with Crippen LogP contribution in [0.5, 0.6) is 0 Å². The van der Waals surface area contributed by atoms with E-state index < -0.39 is 0 Å². The van der Waals surface area contributed by atoms with Gasteiger partial charge in [-0.3, -0.25) is 9.78 Å². The summed E-state index contributed by atoms with van der Waals surface area (Å²) < 4.78 is 2.66. The van der Waals surface area contributed by atoms with E-state index in [0.717, 1.165) is 54.3 Å². The van der Waals surface area contributed by atoms with E-state index in [9.17, 15) is 9.90 Å². The molecule has 0 atom stereocenters. The third-order valence-corrected chi connectivity index (χ3v) is 14.8. The standard InChI is InChI=1S/C36H36NS2.C15H28O2.Ir/c1-20(2)15-28-23(5)38-33-14-13-25(17-30(28)33)29-19-32(37-34-21(3)22(4)39-35(29)34)26-16-24-11-9-10-12-27(24)31(18-26)36(6,7)8;1-7-14(5,8-2)12(16)11-13(17)15(6,9-3)10-4;/h9-14,17-20H,15H2,1-8H3;11,16H,7-10H2,1-6H3;/q-1;;/b;12-11-;. The van der Waals surface area contributed by atoms with Gasteiger partial charge in [0, 0.05) is 57.2 Å². The second-order valence-corrected chi connectivity index (χ2v) is 20.3. The quantitative estimate of drug-likeness (QED) is 0.0799. The van der Waals surface area contributed by atoms with Crippen molar-refractivity contribution < 1.29 is 30.0 Å². The van der Waals surface area contributed by atoms with Gasteiger partial charge < -0.3 is 5.11 Å². The molecule has 1 N–H and O–H groups in total. The van der Waals surface area contributed by atoms with Crippen molar-refractivity contribution in [1.82, 2.24) is 4.98 Å². The maximum absolute atomic E-state index is 12.2. The first-order valence-corrected chi connectivity index (χ1v) is 22.3. The fourth-order valence-corrected chi connectivity index (χ4v) is 9.62. The number of hydrogen-bond donors (Lipinski definition) is 1. The minimum atomic E-state index is -0.337. The summed E-state index contributed by atoms with van der Waals surface area (Å²) in [4.78, 5) is 20.2. The van der Waals surface area contributed by atoms with Crippen molar-refractivity contribution in [3.8, 4) is 22.4 Å². The van der Waals surface area contributed by atoms with Gasteiger partial charge in [0.2, 0.25) is 0 Å². The first-order chi connectivity index (χ1) is 26.3. The Morgan fingerprint density at radius 1 is 0.825 bits per heavy atom. The Morgan fingerprint density at radius 3 is 2.05 bits per heavy atom. The monoisotopic (exact) mass is 979 g/mol. The zero-order chi connectivity index (χ0) is 41.3. The van der Waals surface area contributed by atoms with Gasteiger partial charge in [-0.05, 0) is 104 Å². The van der Waals surface area contributed by atoms with Crippen LogP contribution in [-0.4, -0.2) is 15.9 Å². The van der Waals surface area contributed by atoms with Gasteiger partial charge >= 0.3 is 0 Å². The molecule has 0 unspecified atom stereocenters. The molecule has 0 aliphatic carbocycles. The smallest absolute Gasteiger partial charge is 0.164 e. The van der Waals surface area contributed by atoms with Gasteiger partial charge in [-0.25, -0.2) is 0 Å². The molecule has 0 aliphatic heterocycles. The molecule has 57 heavy (non-hydrogen) atoms. The van der Waals surface area contributed by atoms with Crippen LogP contribution >= 0.6 is 22.7 Å². The first-order valence-electron chi connectivity index (χ1n) is 20.6. The number of nitrogens with zero attached hydrogens (tertiary/aromatic N) is 1. The number of thiophene rings is 2. The second-order valence-electron chi connectivity index (χ2n) is 17.8. The third kappa shape index (κ3) is 9.67. The van der Waals surface area contributed by atoms with Crippen molar-refractivity contribution in [2.75, 3.05) is 0 Å². The van der Waals surface area contributed by atoms with Crippen LogP contribution in [0.25, 0.3) is 53.5 Å². The maximum Gasteiger partial charge on any atom is 0.164 e. The second kappa shape index (κ2) is 18.4. The van der Waals surface area contributed by atoms with Crippen LogP contribution in [0.1, 0.15) is 128 Å². The fourth-order valence-electron chi connectivity index (χ4n) is 7.41. The van der Waals surface area contributed by atoms with Crippen LogP contribution in [0.3, 0.4) is 0 Å². The molecule has 307 valence electrons. The summed E-state index contributed by atoms with van der Waals surface area (Å²) in [5.74, 6) is 0.918. The van der Waals surface area contributed by atoms with Crippen molar-refractivity contribution >= 4 is 59.5 Å². The molecule has 6 rings (SSSR count). The van der Waals surface area contributed by atoms with Crippen molar-refractivity contribution in [3.05, 3.63) is 98.9 Å². The average molecular weight is 979 g/mol. The van der Waals surface area contributed by atoms with E-state index >= 15 is 0 Å². The molecule has 0 fully saturated rings. The maximum atomic E-state index is 12.2. The third-order valence-electron chi connectivity index (χ3n) is 12.5. The van der Waals surface area contributed by atoms with E-state index in [-0.39, 0.29) is 47.9 Å². The molecule has 0 saturated carbocycles. The Kier molecular flexibility index (Phi) is 15.0. The number of carbonyl (C=O) groups excluding carboxylic acids is 1. The predicted molar refractivity (Wildman–Crippen MR) is 247 cm³/mol. The van der Waals surface area contributed by atoms with E-state index in [1.54, 1.807) is 0 Å². The van der Waals surface area contributed by atoms with E-state index in [0.29, 0.717) is 5.92 Å². The fraction of sp³-hybridized carbons (Fsp3) is 0.451. The molecule has 0 amide bonds. The number of aromatic nitrogens is 1. The number of aryl methyl sites for hydroxylation is 3. The number of benzene rings is 3. The van der Waals surface area contributed by atoms with Crippen molar-refractivity contribution in [1.29, 1.82) is 0 Å². The van der Waals surface area contributed by atoms with Crippen molar-refractivity contribution in [3.63, 3.8) is 0 Å². The molecule has 3 heterocycles. The number of pyridine rings is 1. The molecule has 0 saturated heterocycles. The van der Waals surface area contributed by atoms with Gasteiger partial charge in [0.1, 0.15) is 5.76 Å². The van der Waals surface area contributed by atoms with E-state index in [1.807, 2.05) is 64.2 Å². The molecule has 0 aliphatic rings. The van der Waals surface area contributed by atoms with E-state index in [4.69, 9.17) is 4.98 Å². The number of aliphatic hydroxyl groups is 1. The van der Waals surface area contributed by atoms with Crippen LogP contribution in [0.15, 0.2) is 66.4 Å². The molecule has 3 aromatic heterocycles. The molecule has 0 spiro atoms. The van der Waals surface area contributed by atoms with Crippen LogP contribution in [-0.2, 0) is 36.7 Å². The molecule has 3 nitrogen and oxygen atoms in total. The minimum Gasteiger partial charge on any atom is -0.512 e. The Labute approximate surface area is 364 Å². The molecular formula is C51H64IrNO2S2-. The molecule has 0 bridgehead atoms. The van der Waals surface area contributed by atoms with Gasteiger partial charge in [-0.15, -0.1) is 51.8 Å². The molecule has 3 aromatic carbocycles. The summed E-state index contributed by atoms with van der Waals surface area (Å²) in [7, 11) is 0. The zero-order valence-electron chi connectivity index (χ0n) is 36.8. The number of hydrogen-bond acceptors (Lipinski definition) is 5. The normalized spacial score (nSPS) is 12.6. The summed E-state index contributed by atoms with van der Waals surface area (Å²) in [6, 6.07) is 24.1. The summed E-state index contributed by atoms with van der Waals surface area (Å²) in [5, 5.41) is 14.0. The van der Waals surface area contributed by atoms with Gasteiger partial charge in [0.05, 0.1) is 10.2 Å². The summed E-state index contributed by atoms with van der Waals surface area (Å²) >= 11 is 3.79. The summed E-state index contributed by atoms with van der Waals surface area (Å²) in [5.41, 5.74) is 9.27. The van der Waals surface area contributed by atoms with Gasteiger partial charge in [0.15, 0.2) is 5.78 Å². The Bertz CT molecular complexity index is 2400. The van der Waals surface area contributed by atoms with E-state index in [2.05, 4.69) is 116 Å². The van der Waals surface area contributed by atoms with Gasteiger partial charge in [-0.1, -0.05) is 117 Å². The number of aliphatic hydroxyl groups excluding tert-OH is 1. The van der Waals surface area contributed by atoms with Crippen LogP contribution in [0.4, 0.5) is 0 Å². The Hall–Kier alpha value is -3.15. The van der Waals surface area contributed by atoms with E-state index in [1.165, 1.54) is 63.8 Å². The Balaban J connectivity index is 0.000000341. The molecule has 6 aromatic rings.